The lowest BCUT2D eigenvalue weighted by molar-refractivity contribution is -0.143. The average molecular weight is 1020 g/mol. The molecule has 72 heavy (non-hydrogen) atoms. The van der Waals surface area contributed by atoms with E-state index in [2.05, 4.69) is 19.2 Å². The summed E-state index contributed by atoms with van der Waals surface area (Å²) in [4.78, 5) is 24.6. The number of allylic oxidation sites excluding steroid dienone is 1. The van der Waals surface area contributed by atoms with Crippen molar-refractivity contribution in [2.75, 3.05) is 13.2 Å². The van der Waals surface area contributed by atoms with E-state index in [0.29, 0.717) is 19.4 Å². The van der Waals surface area contributed by atoms with Crippen LogP contribution in [0, 0.1) is 0 Å². The standard InChI is InChI=1S/C66H129NO5/c1-3-5-7-9-11-13-15-17-19-27-31-34-38-42-46-50-54-58-64(69)63(62-68)67-65(70)59-55-51-47-43-39-35-32-28-25-23-21-20-22-24-26-29-33-37-41-45-49-53-57-61-72-66(71)60-56-52-48-44-40-36-30-18-16-14-12-10-8-6-4-2/h54,58,63-64,68-69H,3-53,55-57,59-62H2,1-2H3,(H,67,70)/b58-54+. The third kappa shape index (κ3) is 57.9. The number of esters is 1. The monoisotopic (exact) mass is 1020 g/mol. The molecule has 0 aromatic rings. The molecule has 428 valence electrons. The fourth-order valence-electron chi connectivity index (χ4n) is 10.5. The summed E-state index contributed by atoms with van der Waals surface area (Å²) < 4.78 is 5.50. The van der Waals surface area contributed by atoms with Crippen LogP contribution < -0.4 is 5.32 Å². The molecule has 6 nitrogen and oxygen atoms in total. The Hall–Kier alpha value is -1.40. The van der Waals surface area contributed by atoms with Gasteiger partial charge < -0.3 is 20.3 Å². The number of unbranched alkanes of at least 4 members (excludes halogenated alkanes) is 51. The number of carbonyl (C=O) groups excluding carboxylic acids is 2. The van der Waals surface area contributed by atoms with Gasteiger partial charge in [0, 0.05) is 12.8 Å². The molecule has 0 aromatic heterocycles. The number of amides is 1. The molecule has 0 radical (unpaired) electrons. The number of carbonyl (C=O) groups is 2. The summed E-state index contributed by atoms with van der Waals surface area (Å²) in [6, 6.07) is -0.627. The van der Waals surface area contributed by atoms with E-state index >= 15 is 0 Å². The SMILES string of the molecule is CCCCCCCCCCCCCCCCC/C=C/C(O)C(CO)NC(=O)CCCCCCCCCCCCCCCCCCCCCCCCCOC(=O)CCCCCCCCCCCCCCCCC. The Kier molecular flexibility index (Phi) is 60.9. The Bertz CT molecular complexity index is 1080. The van der Waals surface area contributed by atoms with Crippen LogP contribution in [0.4, 0.5) is 0 Å². The molecular weight excluding hydrogens is 887 g/mol. The summed E-state index contributed by atoms with van der Waals surface area (Å²) in [7, 11) is 0. The van der Waals surface area contributed by atoms with E-state index < -0.39 is 12.1 Å². The summed E-state index contributed by atoms with van der Waals surface area (Å²) in [5, 5.41) is 23.2. The lowest BCUT2D eigenvalue weighted by Gasteiger charge is -2.20. The Labute approximate surface area is 450 Å². The first kappa shape index (κ1) is 70.6. The highest BCUT2D eigenvalue weighted by Crippen LogP contribution is 2.19. The van der Waals surface area contributed by atoms with Crippen LogP contribution in [0.15, 0.2) is 12.2 Å². The number of hydrogen-bond donors (Lipinski definition) is 3. The third-order valence-electron chi connectivity index (χ3n) is 15.6. The van der Waals surface area contributed by atoms with E-state index in [0.717, 1.165) is 38.5 Å². The average Bonchev–Trinajstić information content (AvgIpc) is 3.38. The molecule has 3 N–H and O–H groups in total. The second kappa shape index (κ2) is 62.1. The highest BCUT2D eigenvalue weighted by Gasteiger charge is 2.18. The van der Waals surface area contributed by atoms with Gasteiger partial charge in [0.1, 0.15) is 0 Å². The van der Waals surface area contributed by atoms with Crippen molar-refractivity contribution in [3.8, 4) is 0 Å². The van der Waals surface area contributed by atoms with Crippen molar-refractivity contribution < 1.29 is 24.5 Å². The van der Waals surface area contributed by atoms with Gasteiger partial charge in [-0.25, -0.2) is 0 Å². The molecule has 0 bridgehead atoms. The molecule has 0 saturated heterocycles. The summed E-state index contributed by atoms with van der Waals surface area (Å²) >= 11 is 0. The van der Waals surface area contributed by atoms with E-state index in [-0.39, 0.29) is 18.5 Å². The highest BCUT2D eigenvalue weighted by molar-refractivity contribution is 5.76. The van der Waals surface area contributed by atoms with Gasteiger partial charge in [-0.15, -0.1) is 0 Å². The van der Waals surface area contributed by atoms with Crippen LogP contribution in [0.25, 0.3) is 0 Å². The molecule has 0 heterocycles. The predicted molar refractivity (Wildman–Crippen MR) is 315 cm³/mol. The van der Waals surface area contributed by atoms with Crippen LogP contribution >= 0.6 is 0 Å². The highest BCUT2D eigenvalue weighted by atomic mass is 16.5. The van der Waals surface area contributed by atoms with Gasteiger partial charge in [-0.3, -0.25) is 9.59 Å². The Morgan fingerprint density at radius 2 is 0.639 bits per heavy atom. The van der Waals surface area contributed by atoms with Gasteiger partial charge in [0.2, 0.25) is 5.91 Å². The summed E-state index contributed by atoms with van der Waals surface area (Å²) in [6.45, 7) is 4.94. The van der Waals surface area contributed by atoms with Gasteiger partial charge >= 0.3 is 5.97 Å². The summed E-state index contributed by atoms with van der Waals surface area (Å²) in [6.07, 6.45) is 75.5. The maximum absolute atomic E-state index is 12.5. The quantitative estimate of drug-likeness (QED) is 0.0320. The maximum Gasteiger partial charge on any atom is 0.305 e. The molecule has 0 spiro atoms. The first-order valence-electron chi connectivity index (χ1n) is 33.0. The van der Waals surface area contributed by atoms with Crippen molar-refractivity contribution in [1.29, 1.82) is 0 Å². The maximum atomic E-state index is 12.5. The molecular formula is C66H129NO5. The smallest absolute Gasteiger partial charge is 0.305 e. The van der Waals surface area contributed by atoms with Gasteiger partial charge in [0.05, 0.1) is 25.4 Å². The largest absolute Gasteiger partial charge is 0.466 e. The number of aliphatic hydroxyl groups excluding tert-OH is 2. The van der Waals surface area contributed by atoms with E-state index in [1.165, 1.54) is 308 Å². The topological polar surface area (TPSA) is 95.9 Å². The molecule has 0 aliphatic heterocycles. The second-order valence-electron chi connectivity index (χ2n) is 22.8. The van der Waals surface area contributed by atoms with Crippen LogP contribution in [0.3, 0.4) is 0 Å². The molecule has 2 atom stereocenters. The molecule has 6 heteroatoms. The predicted octanol–water partition coefficient (Wildman–Crippen LogP) is 20.8. The third-order valence-corrected chi connectivity index (χ3v) is 15.6. The number of hydrogen-bond acceptors (Lipinski definition) is 5. The molecule has 0 fully saturated rings. The minimum atomic E-state index is -0.843. The minimum Gasteiger partial charge on any atom is -0.466 e. The van der Waals surface area contributed by atoms with Crippen molar-refractivity contribution in [1.82, 2.24) is 5.32 Å². The van der Waals surface area contributed by atoms with Crippen molar-refractivity contribution in [2.24, 2.45) is 0 Å². The van der Waals surface area contributed by atoms with E-state index in [1.807, 2.05) is 6.08 Å². The Morgan fingerprint density at radius 3 is 0.944 bits per heavy atom. The molecule has 0 rings (SSSR count). The molecule has 1 amide bonds. The van der Waals surface area contributed by atoms with Gasteiger partial charge in [-0.05, 0) is 32.1 Å². The summed E-state index contributed by atoms with van der Waals surface area (Å²) in [5.41, 5.74) is 0. The Balaban J connectivity index is 3.38. The molecule has 0 aliphatic carbocycles. The van der Waals surface area contributed by atoms with Gasteiger partial charge in [-0.2, -0.15) is 0 Å². The van der Waals surface area contributed by atoms with Crippen molar-refractivity contribution in [2.45, 2.75) is 386 Å². The molecule has 2 unspecified atom stereocenters. The molecule has 0 saturated carbocycles. The van der Waals surface area contributed by atoms with Crippen LogP contribution in [0.2, 0.25) is 0 Å². The van der Waals surface area contributed by atoms with Crippen molar-refractivity contribution in [3.05, 3.63) is 12.2 Å². The van der Waals surface area contributed by atoms with Gasteiger partial charge in [0.25, 0.3) is 0 Å². The van der Waals surface area contributed by atoms with Crippen LogP contribution in [-0.4, -0.2) is 47.4 Å². The second-order valence-corrected chi connectivity index (χ2v) is 22.8. The number of nitrogens with one attached hydrogen (secondary N) is 1. The van der Waals surface area contributed by atoms with Crippen LogP contribution in [-0.2, 0) is 14.3 Å². The van der Waals surface area contributed by atoms with Crippen molar-refractivity contribution >= 4 is 11.9 Å². The van der Waals surface area contributed by atoms with E-state index in [9.17, 15) is 19.8 Å². The van der Waals surface area contributed by atoms with E-state index in [1.54, 1.807) is 6.08 Å². The van der Waals surface area contributed by atoms with Gasteiger partial charge in [-0.1, -0.05) is 341 Å². The summed E-state index contributed by atoms with van der Waals surface area (Å²) in [5.74, 6) is -0.0465. The van der Waals surface area contributed by atoms with E-state index in [4.69, 9.17) is 4.74 Å². The van der Waals surface area contributed by atoms with Crippen molar-refractivity contribution in [3.63, 3.8) is 0 Å². The zero-order chi connectivity index (χ0) is 52.2. The Morgan fingerprint density at radius 1 is 0.375 bits per heavy atom. The molecule has 0 aromatic carbocycles. The minimum absolute atomic E-state index is 0.0176. The first-order valence-corrected chi connectivity index (χ1v) is 33.0. The van der Waals surface area contributed by atoms with Crippen LogP contribution in [0.5, 0.6) is 0 Å². The lowest BCUT2D eigenvalue weighted by atomic mass is 10.0. The zero-order valence-corrected chi connectivity index (χ0v) is 48.9. The fraction of sp³-hybridized carbons (Fsp3) is 0.939. The number of aliphatic hydroxyl groups is 2. The lowest BCUT2D eigenvalue weighted by Crippen LogP contribution is -2.45. The van der Waals surface area contributed by atoms with Gasteiger partial charge in [0.15, 0.2) is 0 Å². The fourth-order valence-corrected chi connectivity index (χ4v) is 10.5. The first-order chi connectivity index (χ1) is 35.5. The zero-order valence-electron chi connectivity index (χ0n) is 48.9. The van der Waals surface area contributed by atoms with Crippen LogP contribution in [0.1, 0.15) is 373 Å². The number of ether oxygens (including phenoxy) is 1. The normalized spacial score (nSPS) is 12.6. The molecule has 0 aliphatic rings. The number of rotatable bonds is 62.